The van der Waals surface area contributed by atoms with Crippen LogP contribution in [0.25, 0.3) is 0 Å². The van der Waals surface area contributed by atoms with E-state index in [1.807, 2.05) is 30.3 Å². The molecule has 1 atom stereocenters. The lowest BCUT2D eigenvalue weighted by Crippen LogP contribution is -2.44. The molecule has 0 aliphatic carbocycles. The summed E-state index contributed by atoms with van der Waals surface area (Å²) in [7, 11) is 0. The van der Waals surface area contributed by atoms with Crippen LogP contribution >= 0.6 is 0 Å². The zero-order valence-electron chi connectivity index (χ0n) is 12.8. The van der Waals surface area contributed by atoms with E-state index in [4.69, 9.17) is 0 Å². The van der Waals surface area contributed by atoms with Gasteiger partial charge in [-0.15, -0.1) is 0 Å². The number of hydrogen-bond acceptors (Lipinski definition) is 3. The van der Waals surface area contributed by atoms with Crippen LogP contribution in [0.4, 0.5) is 0 Å². The standard InChI is InChI=1S/C17H28N2O/c1-14(2)13-19-10-8-16(9-11-19)18-12-17(20)15-6-4-3-5-7-15/h3-7,14,16-18,20H,8-13H2,1-2H3. The molecule has 1 saturated heterocycles. The second kappa shape index (κ2) is 7.77. The highest BCUT2D eigenvalue weighted by molar-refractivity contribution is 5.17. The van der Waals surface area contributed by atoms with Crippen molar-refractivity contribution in [2.75, 3.05) is 26.2 Å². The molecule has 1 aliphatic rings. The summed E-state index contributed by atoms with van der Waals surface area (Å²) in [6, 6.07) is 10.5. The molecule has 0 spiro atoms. The van der Waals surface area contributed by atoms with Crippen molar-refractivity contribution in [3.8, 4) is 0 Å². The summed E-state index contributed by atoms with van der Waals surface area (Å²) in [6.45, 7) is 8.77. The van der Waals surface area contributed by atoms with E-state index in [-0.39, 0.29) is 0 Å². The van der Waals surface area contributed by atoms with E-state index in [1.54, 1.807) is 0 Å². The maximum absolute atomic E-state index is 10.1. The van der Waals surface area contributed by atoms with Gasteiger partial charge >= 0.3 is 0 Å². The van der Waals surface area contributed by atoms with Gasteiger partial charge in [0.05, 0.1) is 6.10 Å². The van der Waals surface area contributed by atoms with Gasteiger partial charge in [0, 0.05) is 19.1 Å². The van der Waals surface area contributed by atoms with Crippen LogP contribution in [0, 0.1) is 5.92 Å². The van der Waals surface area contributed by atoms with Gasteiger partial charge in [0.1, 0.15) is 0 Å². The third-order valence-electron chi connectivity index (χ3n) is 4.00. The van der Waals surface area contributed by atoms with Crippen molar-refractivity contribution in [1.29, 1.82) is 0 Å². The quantitative estimate of drug-likeness (QED) is 0.837. The van der Waals surface area contributed by atoms with E-state index in [0.29, 0.717) is 12.6 Å². The Morgan fingerprint density at radius 2 is 1.85 bits per heavy atom. The van der Waals surface area contributed by atoms with Crippen molar-refractivity contribution in [2.24, 2.45) is 5.92 Å². The molecule has 20 heavy (non-hydrogen) atoms. The molecule has 2 N–H and O–H groups in total. The van der Waals surface area contributed by atoms with E-state index in [9.17, 15) is 5.11 Å². The highest BCUT2D eigenvalue weighted by atomic mass is 16.3. The predicted molar refractivity (Wildman–Crippen MR) is 83.7 cm³/mol. The fourth-order valence-corrected chi connectivity index (χ4v) is 2.91. The minimum absolute atomic E-state index is 0.398. The van der Waals surface area contributed by atoms with Crippen LogP contribution in [-0.2, 0) is 0 Å². The maximum atomic E-state index is 10.1. The number of nitrogens with zero attached hydrogens (tertiary/aromatic N) is 1. The van der Waals surface area contributed by atoms with Gasteiger partial charge in [0.2, 0.25) is 0 Å². The van der Waals surface area contributed by atoms with Crippen molar-refractivity contribution in [1.82, 2.24) is 10.2 Å². The molecule has 1 unspecified atom stereocenters. The lowest BCUT2D eigenvalue weighted by Gasteiger charge is -2.33. The monoisotopic (exact) mass is 276 g/mol. The molecule has 0 amide bonds. The first kappa shape index (κ1) is 15.5. The molecule has 0 saturated carbocycles. The molecule has 1 heterocycles. The third kappa shape index (κ3) is 4.89. The summed E-state index contributed by atoms with van der Waals surface area (Å²) in [5, 5.41) is 13.7. The Labute approximate surface area is 123 Å². The molecule has 1 aliphatic heterocycles. The number of aliphatic hydroxyl groups excluding tert-OH is 1. The van der Waals surface area contributed by atoms with E-state index < -0.39 is 6.10 Å². The topological polar surface area (TPSA) is 35.5 Å². The Bertz CT molecular complexity index is 372. The van der Waals surface area contributed by atoms with Crippen LogP contribution in [0.15, 0.2) is 30.3 Å². The van der Waals surface area contributed by atoms with Crippen LogP contribution in [0.1, 0.15) is 38.4 Å². The van der Waals surface area contributed by atoms with Crippen LogP contribution in [0.5, 0.6) is 0 Å². The molecule has 1 aromatic carbocycles. The van der Waals surface area contributed by atoms with Gasteiger partial charge in [-0.3, -0.25) is 0 Å². The van der Waals surface area contributed by atoms with E-state index in [1.165, 1.54) is 32.5 Å². The lowest BCUT2D eigenvalue weighted by atomic mass is 10.0. The molecule has 1 aromatic rings. The van der Waals surface area contributed by atoms with E-state index in [0.717, 1.165) is 11.5 Å². The van der Waals surface area contributed by atoms with Gasteiger partial charge in [-0.05, 0) is 37.4 Å². The molecule has 0 radical (unpaired) electrons. The van der Waals surface area contributed by atoms with Crippen molar-refractivity contribution >= 4 is 0 Å². The molecule has 112 valence electrons. The second-order valence-corrected chi connectivity index (χ2v) is 6.30. The first-order chi connectivity index (χ1) is 9.65. The minimum Gasteiger partial charge on any atom is -0.387 e. The van der Waals surface area contributed by atoms with Crippen molar-refractivity contribution < 1.29 is 5.11 Å². The molecule has 0 aromatic heterocycles. The first-order valence-electron chi connectivity index (χ1n) is 7.84. The zero-order chi connectivity index (χ0) is 14.4. The Morgan fingerprint density at radius 3 is 2.45 bits per heavy atom. The van der Waals surface area contributed by atoms with Gasteiger partial charge in [0.25, 0.3) is 0 Å². The Kier molecular flexibility index (Phi) is 6.02. The van der Waals surface area contributed by atoms with Crippen LogP contribution in [-0.4, -0.2) is 42.2 Å². The first-order valence-corrected chi connectivity index (χ1v) is 7.84. The molecular weight excluding hydrogens is 248 g/mol. The van der Waals surface area contributed by atoms with Gasteiger partial charge < -0.3 is 15.3 Å². The summed E-state index contributed by atoms with van der Waals surface area (Å²) in [5.74, 6) is 0.749. The van der Waals surface area contributed by atoms with Gasteiger partial charge in [0.15, 0.2) is 0 Å². The number of hydrogen-bond donors (Lipinski definition) is 2. The van der Waals surface area contributed by atoms with Crippen molar-refractivity contribution in [3.63, 3.8) is 0 Å². The fraction of sp³-hybridized carbons (Fsp3) is 0.647. The number of likely N-dealkylation sites (tertiary alicyclic amines) is 1. The van der Waals surface area contributed by atoms with Gasteiger partial charge in [-0.1, -0.05) is 44.2 Å². The van der Waals surface area contributed by atoms with Crippen molar-refractivity contribution in [2.45, 2.75) is 38.8 Å². The average Bonchev–Trinajstić information content (AvgIpc) is 2.46. The second-order valence-electron chi connectivity index (χ2n) is 6.30. The van der Waals surface area contributed by atoms with Crippen LogP contribution < -0.4 is 5.32 Å². The van der Waals surface area contributed by atoms with Gasteiger partial charge in [-0.2, -0.15) is 0 Å². The number of rotatable bonds is 6. The summed E-state index contributed by atoms with van der Waals surface area (Å²) in [6.07, 6.45) is 1.98. The Morgan fingerprint density at radius 1 is 1.20 bits per heavy atom. The van der Waals surface area contributed by atoms with Crippen LogP contribution in [0.3, 0.4) is 0 Å². The Hall–Kier alpha value is -0.900. The fourth-order valence-electron chi connectivity index (χ4n) is 2.91. The Balaban J connectivity index is 1.68. The summed E-state index contributed by atoms with van der Waals surface area (Å²) < 4.78 is 0. The largest absolute Gasteiger partial charge is 0.387 e. The summed E-state index contributed by atoms with van der Waals surface area (Å²) in [4.78, 5) is 2.55. The number of aliphatic hydroxyl groups is 1. The van der Waals surface area contributed by atoms with E-state index in [2.05, 4.69) is 24.1 Å². The predicted octanol–water partition coefficient (Wildman–Crippen LogP) is 2.43. The molecule has 2 rings (SSSR count). The maximum Gasteiger partial charge on any atom is 0.0914 e. The normalized spacial score (nSPS) is 19.4. The highest BCUT2D eigenvalue weighted by Gasteiger charge is 2.20. The zero-order valence-corrected chi connectivity index (χ0v) is 12.8. The van der Waals surface area contributed by atoms with E-state index >= 15 is 0 Å². The molecule has 1 fully saturated rings. The van der Waals surface area contributed by atoms with Crippen LogP contribution in [0.2, 0.25) is 0 Å². The smallest absolute Gasteiger partial charge is 0.0914 e. The SMILES string of the molecule is CC(C)CN1CCC(NCC(O)c2ccccc2)CC1. The summed E-state index contributed by atoms with van der Waals surface area (Å²) in [5.41, 5.74) is 0.997. The minimum atomic E-state index is -0.398. The van der Waals surface area contributed by atoms with Gasteiger partial charge in [-0.25, -0.2) is 0 Å². The molecule has 3 heteroatoms. The molecule has 3 nitrogen and oxygen atoms in total. The number of benzene rings is 1. The molecular formula is C17H28N2O. The van der Waals surface area contributed by atoms with Crippen molar-refractivity contribution in [3.05, 3.63) is 35.9 Å². The number of piperidine rings is 1. The highest BCUT2D eigenvalue weighted by Crippen LogP contribution is 2.15. The third-order valence-corrected chi connectivity index (χ3v) is 4.00. The lowest BCUT2D eigenvalue weighted by molar-refractivity contribution is 0.146. The summed E-state index contributed by atoms with van der Waals surface area (Å²) >= 11 is 0. The number of nitrogens with one attached hydrogen (secondary N) is 1. The average molecular weight is 276 g/mol. The molecule has 0 bridgehead atoms.